The van der Waals surface area contributed by atoms with Crippen LogP contribution in [0.15, 0.2) is 18.2 Å². The monoisotopic (exact) mass is 381 g/mol. The lowest BCUT2D eigenvalue weighted by Crippen LogP contribution is -2.64. The van der Waals surface area contributed by atoms with E-state index in [9.17, 15) is 19.8 Å². The van der Waals surface area contributed by atoms with Crippen LogP contribution in [-0.4, -0.2) is 38.6 Å². The van der Waals surface area contributed by atoms with Gasteiger partial charge in [-0.3, -0.25) is 4.79 Å². The maximum absolute atomic E-state index is 12.4. The van der Waals surface area contributed by atoms with Crippen molar-refractivity contribution in [2.24, 2.45) is 18.9 Å². The number of hydrogen-bond donors (Lipinski definition) is 1. The Morgan fingerprint density at radius 2 is 2.20 bits per heavy atom. The predicted molar refractivity (Wildman–Crippen MR) is 88.4 cm³/mol. The number of carboxylic acid groups (broad SMARTS) is 1. The molecule has 4 atom stereocenters. The van der Waals surface area contributed by atoms with Crippen LogP contribution in [0.25, 0.3) is 10.4 Å². The van der Waals surface area contributed by atoms with Gasteiger partial charge in [-0.05, 0) is 18.5 Å². The van der Waals surface area contributed by atoms with Gasteiger partial charge in [-0.15, -0.1) is 0 Å². The molecule has 7 nitrogen and oxygen atoms in total. The molecule has 1 saturated heterocycles. The second kappa shape index (κ2) is 5.30. The van der Waals surface area contributed by atoms with E-state index in [0.29, 0.717) is 10.7 Å². The average Bonchev–Trinajstić information content (AvgIpc) is 3.10. The van der Waals surface area contributed by atoms with Crippen LogP contribution in [-0.2, 0) is 16.6 Å². The van der Waals surface area contributed by atoms with Gasteiger partial charge in [0.15, 0.2) is 0 Å². The number of rotatable bonds is 3. The first kappa shape index (κ1) is 16.6. The Morgan fingerprint density at radius 3 is 2.76 bits per heavy atom. The minimum atomic E-state index is -1.38. The third-order valence-corrected chi connectivity index (χ3v) is 6.81. The molecule has 132 valence electrons. The molecule has 1 fully saturated rings. The number of carboxylic acids is 1. The maximum Gasteiger partial charge on any atom is 0.253 e. The molecule has 0 saturated carbocycles. The molecule has 1 N–H and O–H groups in total. The minimum absolute atomic E-state index is 0.0931. The van der Waals surface area contributed by atoms with Crippen LogP contribution in [0.5, 0.6) is 0 Å². The molecular weight excluding hydrogens is 366 g/mol. The van der Waals surface area contributed by atoms with Gasteiger partial charge in [0.25, 0.3) is 11.5 Å². The van der Waals surface area contributed by atoms with E-state index in [0.717, 1.165) is 9.71 Å². The fraction of sp³-hybridized carbons (Fsp3) is 0.438. The molecule has 2 aliphatic rings. The number of carbonyl (C=O) groups is 2. The Labute approximate surface area is 152 Å². The SMILES string of the molecule is C[C@@H](O)[C@H]1C(=O)N2C(C(=O)[O-])=C(c3c[n+]4cn(C)c(Cl)c4s3)[C@H](C)[C@H]12. The van der Waals surface area contributed by atoms with Gasteiger partial charge in [-0.25, -0.2) is 4.57 Å². The Hall–Kier alpha value is -1.90. The highest BCUT2D eigenvalue weighted by molar-refractivity contribution is 7.18. The highest BCUT2D eigenvalue weighted by Gasteiger charge is 2.59. The van der Waals surface area contributed by atoms with E-state index < -0.39 is 18.0 Å². The number of thiazole rings is 1. The number of aliphatic carboxylic acids is 1. The predicted octanol–water partition coefficient (Wildman–Crippen LogP) is -0.203. The number of hydrogen-bond acceptors (Lipinski definition) is 5. The first-order valence-corrected chi connectivity index (χ1v) is 9.06. The summed E-state index contributed by atoms with van der Waals surface area (Å²) < 4.78 is 3.60. The van der Waals surface area contributed by atoms with Crippen molar-refractivity contribution in [3.63, 3.8) is 0 Å². The van der Waals surface area contributed by atoms with Gasteiger partial charge in [0.05, 0.1) is 41.7 Å². The van der Waals surface area contributed by atoms with Crippen molar-refractivity contribution in [2.75, 3.05) is 0 Å². The second-order valence-electron chi connectivity index (χ2n) is 6.63. The van der Waals surface area contributed by atoms with Gasteiger partial charge in [0, 0.05) is 11.5 Å². The van der Waals surface area contributed by atoms with Crippen LogP contribution >= 0.6 is 22.9 Å². The van der Waals surface area contributed by atoms with E-state index in [1.54, 1.807) is 17.8 Å². The summed E-state index contributed by atoms with van der Waals surface area (Å²) in [4.78, 5) is 26.9. The van der Waals surface area contributed by atoms with Gasteiger partial charge in [-0.1, -0.05) is 18.3 Å². The summed E-state index contributed by atoms with van der Waals surface area (Å²) in [6.07, 6.45) is 2.79. The number of carbonyl (C=O) groups excluding carboxylic acids is 2. The Balaban J connectivity index is 1.86. The largest absolute Gasteiger partial charge is 0.543 e. The summed E-state index contributed by atoms with van der Waals surface area (Å²) in [6.45, 7) is 3.43. The summed E-state index contributed by atoms with van der Waals surface area (Å²) in [5, 5.41) is 22.2. The van der Waals surface area contributed by atoms with Gasteiger partial charge in [0.2, 0.25) is 10.7 Å². The van der Waals surface area contributed by atoms with Gasteiger partial charge >= 0.3 is 0 Å². The molecule has 0 aromatic carbocycles. The van der Waals surface area contributed by atoms with E-state index >= 15 is 0 Å². The first-order chi connectivity index (χ1) is 11.7. The molecule has 2 aromatic rings. The van der Waals surface area contributed by atoms with Crippen LogP contribution in [0.3, 0.4) is 0 Å². The molecule has 2 aliphatic heterocycles. The van der Waals surface area contributed by atoms with Crippen LogP contribution in [0.1, 0.15) is 18.7 Å². The zero-order chi connectivity index (χ0) is 18.2. The molecular formula is C16H16ClN3O4S. The summed E-state index contributed by atoms with van der Waals surface area (Å²) in [5.41, 5.74) is 0.471. The van der Waals surface area contributed by atoms with Gasteiger partial charge in [-0.2, -0.15) is 4.40 Å². The Kier molecular flexibility index (Phi) is 3.51. The van der Waals surface area contributed by atoms with E-state index in [-0.39, 0.29) is 23.6 Å². The maximum atomic E-state index is 12.4. The van der Waals surface area contributed by atoms with E-state index in [2.05, 4.69) is 0 Å². The van der Waals surface area contributed by atoms with Crippen molar-refractivity contribution < 1.29 is 24.2 Å². The molecule has 0 spiro atoms. The lowest BCUT2D eigenvalue weighted by molar-refractivity contribution is -0.508. The molecule has 25 heavy (non-hydrogen) atoms. The minimum Gasteiger partial charge on any atom is -0.543 e. The average molecular weight is 382 g/mol. The van der Waals surface area contributed by atoms with Crippen LogP contribution in [0.4, 0.5) is 0 Å². The van der Waals surface area contributed by atoms with Crippen molar-refractivity contribution in [3.05, 3.63) is 28.3 Å². The summed E-state index contributed by atoms with van der Waals surface area (Å²) >= 11 is 7.64. The molecule has 9 heteroatoms. The van der Waals surface area contributed by atoms with Gasteiger partial charge in [0.1, 0.15) is 6.20 Å². The Morgan fingerprint density at radius 1 is 1.52 bits per heavy atom. The van der Waals surface area contributed by atoms with E-state index in [4.69, 9.17) is 11.6 Å². The number of aliphatic hydroxyl groups excluding tert-OH is 1. The van der Waals surface area contributed by atoms with E-state index in [1.165, 1.54) is 16.2 Å². The van der Waals surface area contributed by atoms with E-state index in [1.807, 2.05) is 24.6 Å². The zero-order valence-corrected chi connectivity index (χ0v) is 15.3. The number of imidazole rings is 1. The highest BCUT2D eigenvalue weighted by atomic mass is 35.5. The normalized spacial score (nSPS) is 27.0. The van der Waals surface area contributed by atoms with Crippen molar-refractivity contribution in [1.29, 1.82) is 0 Å². The highest BCUT2D eigenvalue weighted by Crippen LogP contribution is 2.51. The van der Waals surface area contributed by atoms with Crippen molar-refractivity contribution in [3.8, 4) is 0 Å². The number of amides is 1. The quantitative estimate of drug-likeness (QED) is 0.589. The third kappa shape index (κ3) is 2.04. The van der Waals surface area contributed by atoms with Crippen molar-refractivity contribution >= 4 is 45.2 Å². The molecule has 0 radical (unpaired) electrons. The van der Waals surface area contributed by atoms with Crippen LogP contribution < -0.4 is 9.51 Å². The molecule has 2 aromatic heterocycles. The molecule has 0 aliphatic carbocycles. The molecule has 0 unspecified atom stereocenters. The number of nitrogens with zero attached hydrogens (tertiary/aromatic N) is 3. The molecule has 4 heterocycles. The third-order valence-electron chi connectivity index (χ3n) is 5.11. The Bertz CT molecular complexity index is 960. The summed E-state index contributed by atoms with van der Waals surface area (Å²) in [6, 6.07) is -0.358. The first-order valence-electron chi connectivity index (χ1n) is 7.86. The van der Waals surface area contributed by atoms with Crippen molar-refractivity contribution in [2.45, 2.75) is 26.0 Å². The zero-order valence-electron chi connectivity index (χ0n) is 13.8. The van der Waals surface area contributed by atoms with Crippen LogP contribution in [0, 0.1) is 11.8 Å². The molecule has 0 bridgehead atoms. The number of aliphatic hydroxyl groups is 1. The lowest BCUT2D eigenvalue weighted by Gasteiger charge is -2.47. The van der Waals surface area contributed by atoms with Crippen molar-refractivity contribution in [1.82, 2.24) is 9.47 Å². The lowest BCUT2D eigenvalue weighted by atomic mass is 9.77. The number of β-lactam (4-membered cyclic amide) rings is 1. The number of halogens is 1. The second-order valence-corrected chi connectivity index (χ2v) is 8.02. The standard InChI is InChI=1S/C16H16ClN3O4S/c1-6-9(8-4-19-5-18(3)13(17)15(19)25-8)12(16(23)24)20-11(6)10(7(2)21)14(20)22/h4-7,10-11,21H,1-3H3/t6-,7+,10+,11+/m0/s1. The molecule has 1 amide bonds. The number of fused-ring (bicyclic) bond motifs is 2. The number of aromatic nitrogens is 2. The fourth-order valence-corrected chi connectivity index (χ4v) is 5.46. The molecule has 4 rings (SSSR count). The summed E-state index contributed by atoms with van der Waals surface area (Å²) in [5.74, 6) is -2.56. The summed E-state index contributed by atoms with van der Waals surface area (Å²) in [7, 11) is 1.82. The van der Waals surface area contributed by atoms with Gasteiger partial charge < -0.3 is 19.9 Å². The topological polar surface area (TPSA) is 89.7 Å². The van der Waals surface area contributed by atoms with Crippen LogP contribution in [0.2, 0.25) is 5.15 Å². The fourth-order valence-electron chi connectivity index (χ4n) is 4.00. The number of aryl methyl sites for hydroxylation is 1. The smallest absolute Gasteiger partial charge is 0.253 e.